The molecule has 19 heavy (non-hydrogen) atoms. The highest BCUT2D eigenvalue weighted by molar-refractivity contribution is 7.98. The van der Waals surface area contributed by atoms with Gasteiger partial charge in [-0.1, -0.05) is 30.5 Å². The number of nitrogens with one attached hydrogen (secondary N) is 1. The standard InChI is InChI=1S/C16H27NOS/c1-14-8-9-16(18-2)15(12-14)13-17-10-6-4-5-7-11-19-3/h8-9,12,17H,4-7,10-11,13H2,1-3H3. The molecule has 0 atom stereocenters. The van der Waals surface area contributed by atoms with Crippen LogP contribution in [0.2, 0.25) is 0 Å². The average Bonchev–Trinajstić information content (AvgIpc) is 2.42. The van der Waals surface area contributed by atoms with Gasteiger partial charge in [-0.25, -0.2) is 0 Å². The number of rotatable bonds is 10. The van der Waals surface area contributed by atoms with Gasteiger partial charge in [0, 0.05) is 12.1 Å². The lowest BCUT2D eigenvalue weighted by atomic mass is 10.1. The summed E-state index contributed by atoms with van der Waals surface area (Å²) in [5.41, 5.74) is 2.54. The minimum Gasteiger partial charge on any atom is -0.496 e. The van der Waals surface area contributed by atoms with Crippen molar-refractivity contribution in [2.75, 3.05) is 25.7 Å². The third-order valence-electron chi connectivity index (χ3n) is 3.20. The highest BCUT2D eigenvalue weighted by Crippen LogP contribution is 2.19. The van der Waals surface area contributed by atoms with Crippen molar-refractivity contribution >= 4 is 11.8 Å². The number of ether oxygens (including phenoxy) is 1. The van der Waals surface area contributed by atoms with Gasteiger partial charge in [-0.2, -0.15) is 11.8 Å². The number of benzene rings is 1. The molecular formula is C16H27NOS. The second kappa shape index (κ2) is 10.2. The molecule has 1 rings (SSSR count). The van der Waals surface area contributed by atoms with Gasteiger partial charge in [-0.15, -0.1) is 0 Å². The minimum absolute atomic E-state index is 0.898. The van der Waals surface area contributed by atoms with E-state index in [2.05, 4.69) is 36.7 Å². The summed E-state index contributed by atoms with van der Waals surface area (Å²) in [5, 5.41) is 3.51. The fourth-order valence-electron chi connectivity index (χ4n) is 2.12. The van der Waals surface area contributed by atoms with Crippen LogP contribution in [0.25, 0.3) is 0 Å². The lowest BCUT2D eigenvalue weighted by Crippen LogP contribution is -2.15. The molecule has 0 radical (unpaired) electrons. The van der Waals surface area contributed by atoms with E-state index in [9.17, 15) is 0 Å². The molecule has 0 fully saturated rings. The van der Waals surface area contributed by atoms with Gasteiger partial charge in [-0.05, 0) is 44.4 Å². The Kier molecular flexibility index (Phi) is 8.76. The first-order valence-electron chi connectivity index (χ1n) is 7.11. The topological polar surface area (TPSA) is 21.3 Å². The average molecular weight is 281 g/mol. The smallest absolute Gasteiger partial charge is 0.123 e. The molecule has 0 bridgehead atoms. The predicted molar refractivity (Wildman–Crippen MR) is 86.3 cm³/mol. The zero-order valence-corrected chi connectivity index (χ0v) is 13.3. The summed E-state index contributed by atoms with van der Waals surface area (Å²) in [6, 6.07) is 6.34. The van der Waals surface area contributed by atoms with E-state index in [4.69, 9.17) is 4.74 Å². The SMILES string of the molecule is COc1ccc(C)cc1CNCCCCCCSC. The van der Waals surface area contributed by atoms with Gasteiger partial charge in [-0.3, -0.25) is 0 Å². The molecule has 0 amide bonds. The summed E-state index contributed by atoms with van der Waals surface area (Å²) in [5.74, 6) is 2.28. The maximum atomic E-state index is 5.38. The van der Waals surface area contributed by atoms with Crippen molar-refractivity contribution < 1.29 is 4.74 Å². The van der Waals surface area contributed by atoms with E-state index in [-0.39, 0.29) is 0 Å². The maximum Gasteiger partial charge on any atom is 0.123 e. The quantitative estimate of drug-likeness (QED) is 0.655. The Morgan fingerprint density at radius 2 is 1.95 bits per heavy atom. The van der Waals surface area contributed by atoms with Crippen molar-refractivity contribution in [1.82, 2.24) is 5.32 Å². The fraction of sp³-hybridized carbons (Fsp3) is 0.625. The van der Waals surface area contributed by atoms with E-state index in [1.165, 1.54) is 42.6 Å². The van der Waals surface area contributed by atoms with Crippen LogP contribution in [-0.2, 0) is 6.54 Å². The number of unbranched alkanes of at least 4 members (excludes halogenated alkanes) is 3. The molecule has 108 valence electrons. The third-order valence-corrected chi connectivity index (χ3v) is 3.90. The van der Waals surface area contributed by atoms with E-state index in [0.717, 1.165) is 18.8 Å². The van der Waals surface area contributed by atoms with Crippen molar-refractivity contribution in [3.05, 3.63) is 29.3 Å². The summed E-state index contributed by atoms with van der Waals surface area (Å²) in [7, 11) is 1.74. The van der Waals surface area contributed by atoms with E-state index < -0.39 is 0 Å². The summed E-state index contributed by atoms with van der Waals surface area (Å²) < 4.78 is 5.38. The Hall–Kier alpha value is -0.670. The molecule has 1 aromatic carbocycles. The molecule has 0 spiro atoms. The van der Waals surface area contributed by atoms with Crippen LogP contribution in [0, 0.1) is 6.92 Å². The monoisotopic (exact) mass is 281 g/mol. The second-order valence-corrected chi connectivity index (χ2v) is 5.88. The Balaban J connectivity index is 2.17. The van der Waals surface area contributed by atoms with Crippen LogP contribution in [0.4, 0.5) is 0 Å². The van der Waals surface area contributed by atoms with Crippen molar-refractivity contribution in [2.24, 2.45) is 0 Å². The summed E-state index contributed by atoms with van der Waals surface area (Å²) in [4.78, 5) is 0. The summed E-state index contributed by atoms with van der Waals surface area (Å²) in [6.45, 7) is 4.11. The molecule has 0 aromatic heterocycles. The van der Waals surface area contributed by atoms with Crippen LogP contribution < -0.4 is 10.1 Å². The Morgan fingerprint density at radius 3 is 2.68 bits per heavy atom. The first-order valence-corrected chi connectivity index (χ1v) is 8.50. The van der Waals surface area contributed by atoms with Gasteiger partial charge in [0.2, 0.25) is 0 Å². The lowest BCUT2D eigenvalue weighted by molar-refractivity contribution is 0.407. The lowest BCUT2D eigenvalue weighted by Gasteiger charge is -2.10. The molecule has 0 aliphatic heterocycles. The summed E-state index contributed by atoms with van der Waals surface area (Å²) >= 11 is 1.94. The Morgan fingerprint density at radius 1 is 1.16 bits per heavy atom. The van der Waals surface area contributed by atoms with Crippen molar-refractivity contribution in [3.8, 4) is 5.75 Å². The van der Waals surface area contributed by atoms with Crippen LogP contribution in [0.3, 0.4) is 0 Å². The largest absolute Gasteiger partial charge is 0.496 e. The highest BCUT2D eigenvalue weighted by atomic mass is 32.2. The van der Waals surface area contributed by atoms with Crippen molar-refractivity contribution in [1.29, 1.82) is 0 Å². The molecule has 0 saturated carbocycles. The van der Waals surface area contributed by atoms with E-state index in [1.54, 1.807) is 7.11 Å². The molecule has 2 nitrogen and oxygen atoms in total. The highest BCUT2D eigenvalue weighted by Gasteiger charge is 2.02. The summed E-state index contributed by atoms with van der Waals surface area (Å²) in [6.07, 6.45) is 7.49. The van der Waals surface area contributed by atoms with Crippen LogP contribution in [0.15, 0.2) is 18.2 Å². The van der Waals surface area contributed by atoms with Crippen molar-refractivity contribution in [3.63, 3.8) is 0 Å². The maximum absolute atomic E-state index is 5.38. The number of hydrogen-bond donors (Lipinski definition) is 1. The van der Waals surface area contributed by atoms with Gasteiger partial charge >= 0.3 is 0 Å². The van der Waals surface area contributed by atoms with Crippen LogP contribution in [-0.4, -0.2) is 25.7 Å². The molecule has 0 aliphatic rings. The predicted octanol–water partition coefficient (Wildman–Crippen LogP) is 4.02. The zero-order chi connectivity index (χ0) is 13.9. The number of thioether (sulfide) groups is 1. The van der Waals surface area contributed by atoms with Gasteiger partial charge in [0.05, 0.1) is 7.11 Å². The molecule has 3 heteroatoms. The fourth-order valence-corrected chi connectivity index (χ4v) is 2.61. The number of hydrogen-bond acceptors (Lipinski definition) is 3. The van der Waals surface area contributed by atoms with Gasteiger partial charge in [0.25, 0.3) is 0 Å². The first-order chi connectivity index (χ1) is 9.27. The molecule has 0 saturated heterocycles. The Labute approximate surface area is 122 Å². The number of aryl methyl sites for hydroxylation is 1. The number of methoxy groups -OCH3 is 1. The van der Waals surface area contributed by atoms with Crippen LogP contribution in [0.5, 0.6) is 5.75 Å². The van der Waals surface area contributed by atoms with Gasteiger partial charge in [0.15, 0.2) is 0 Å². The van der Waals surface area contributed by atoms with E-state index >= 15 is 0 Å². The molecule has 0 unspecified atom stereocenters. The van der Waals surface area contributed by atoms with E-state index in [0.29, 0.717) is 0 Å². The van der Waals surface area contributed by atoms with E-state index in [1.807, 2.05) is 11.8 Å². The molecule has 0 aliphatic carbocycles. The molecule has 1 aromatic rings. The van der Waals surface area contributed by atoms with Crippen LogP contribution >= 0.6 is 11.8 Å². The minimum atomic E-state index is 0.898. The Bertz CT molecular complexity index is 355. The molecule has 0 heterocycles. The first kappa shape index (κ1) is 16.4. The second-order valence-electron chi connectivity index (χ2n) is 4.90. The normalized spacial score (nSPS) is 10.7. The zero-order valence-electron chi connectivity index (χ0n) is 12.5. The molecular weight excluding hydrogens is 254 g/mol. The third kappa shape index (κ3) is 6.88. The van der Waals surface area contributed by atoms with Gasteiger partial charge in [0.1, 0.15) is 5.75 Å². The van der Waals surface area contributed by atoms with Gasteiger partial charge < -0.3 is 10.1 Å². The molecule has 1 N–H and O–H groups in total. The van der Waals surface area contributed by atoms with Crippen molar-refractivity contribution in [2.45, 2.75) is 39.2 Å². The van der Waals surface area contributed by atoms with Crippen LogP contribution in [0.1, 0.15) is 36.8 Å².